The van der Waals surface area contributed by atoms with Gasteiger partial charge in [-0.05, 0) is 76.1 Å². The zero-order chi connectivity index (χ0) is 26.1. The Balaban J connectivity index is 2.35. The first kappa shape index (κ1) is 27.1. The van der Waals surface area contributed by atoms with Crippen LogP contribution in [0.25, 0.3) is 0 Å². The molecule has 1 amide bonds. The molecular weight excluding hydrogens is 471 g/mol. The lowest BCUT2D eigenvalue weighted by molar-refractivity contribution is -0.143. The fraction of sp³-hybridized carbons (Fsp3) is 0.391. The van der Waals surface area contributed by atoms with E-state index in [2.05, 4.69) is 5.32 Å². The highest BCUT2D eigenvalue weighted by atomic mass is 19.4. The van der Waals surface area contributed by atoms with Gasteiger partial charge in [0.05, 0.1) is 11.1 Å². The molecule has 2 aromatic carbocycles. The normalized spacial score (nSPS) is 13.4. The lowest BCUT2D eigenvalue weighted by Gasteiger charge is -2.22. The Morgan fingerprint density at radius 3 is 1.88 bits per heavy atom. The summed E-state index contributed by atoms with van der Waals surface area (Å²) in [7, 11) is 0. The van der Waals surface area contributed by atoms with Crippen LogP contribution in [0.3, 0.4) is 0 Å². The maximum absolute atomic E-state index is 14.3. The minimum absolute atomic E-state index is 0.0718. The molecule has 0 saturated carbocycles. The quantitative estimate of drug-likeness (QED) is 0.380. The summed E-state index contributed by atoms with van der Waals surface area (Å²) in [5.74, 6) is -1.92. The van der Waals surface area contributed by atoms with E-state index in [9.17, 15) is 40.3 Å². The van der Waals surface area contributed by atoms with Crippen molar-refractivity contribution < 1.29 is 45.1 Å². The zero-order valence-electron chi connectivity index (χ0n) is 18.6. The molecule has 0 aliphatic heterocycles. The maximum Gasteiger partial charge on any atom is 0.416 e. The standard InChI is InChI=1S/C23H22F7NO3/c1-12(31-20(33)34-21(2,3)4)7-14-8-13(5-6-18(14)24)19(32)15-9-16(22(25,26)27)11-17(10-15)23(28,29)30/h5-6,8-12H,7H2,1-4H3,(H,31,33). The largest absolute Gasteiger partial charge is 0.444 e. The van der Waals surface area contributed by atoms with Crippen molar-refractivity contribution in [3.05, 3.63) is 70.0 Å². The monoisotopic (exact) mass is 493 g/mol. The van der Waals surface area contributed by atoms with Gasteiger partial charge in [0.2, 0.25) is 0 Å². The number of halogens is 7. The smallest absolute Gasteiger partial charge is 0.416 e. The molecule has 0 heterocycles. The Bertz CT molecular complexity index is 1040. The van der Waals surface area contributed by atoms with E-state index in [0.29, 0.717) is 12.1 Å². The first-order valence-corrected chi connectivity index (χ1v) is 9.99. The van der Waals surface area contributed by atoms with Gasteiger partial charge < -0.3 is 10.1 Å². The number of amides is 1. The van der Waals surface area contributed by atoms with Crippen LogP contribution in [-0.2, 0) is 23.5 Å². The van der Waals surface area contributed by atoms with Crippen molar-refractivity contribution in [3.8, 4) is 0 Å². The fourth-order valence-electron chi connectivity index (χ4n) is 3.01. The van der Waals surface area contributed by atoms with Gasteiger partial charge in [0.25, 0.3) is 0 Å². The minimum Gasteiger partial charge on any atom is -0.444 e. The number of hydrogen-bond donors (Lipinski definition) is 1. The summed E-state index contributed by atoms with van der Waals surface area (Å²) in [5, 5.41) is 2.48. The van der Waals surface area contributed by atoms with Crippen LogP contribution in [-0.4, -0.2) is 23.5 Å². The highest BCUT2D eigenvalue weighted by Crippen LogP contribution is 2.36. The first-order valence-electron chi connectivity index (χ1n) is 9.99. The molecule has 0 fully saturated rings. The molecule has 34 heavy (non-hydrogen) atoms. The van der Waals surface area contributed by atoms with E-state index in [-0.39, 0.29) is 23.6 Å². The van der Waals surface area contributed by atoms with Gasteiger partial charge in [-0.15, -0.1) is 0 Å². The molecule has 1 atom stereocenters. The van der Waals surface area contributed by atoms with Gasteiger partial charge in [-0.3, -0.25) is 4.79 Å². The Hall–Kier alpha value is -3.11. The molecule has 0 spiro atoms. The predicted molar refractivity (Wildman–Crippen MR) is 109 cm³/mol. The number of ether oxygens (including phenoxy) is 1. The van der Waals surface area contributed by atoms with Crippen molar-refractivity contribution >= 4 is 11.9 Å². The molecule has 1 unspecified atom stereocenters. The topological polar surface area (TPSA) is 55.4 Å². The van der Waals surface area contributed by atoms with E-state index >= 15 is 0 Å². The van der Waals surface area contributed by atoms with Crippen molar-refractivity contribution in [3.63, 3.8) is 0 Å². The SMILES string of the molecule is CC(Cc1cc(C(=O)c2cc(C(F)(F)F)cc(C(F)(F)F)c2)ccc1F)NC(=O)OC(C)(C)C. The molecular formula is C23H22F7NO3. The summed E-state index contributed by atoms with van der Waals surface area (Å²) in [6.45, 7) is 6.46. The summed E-state index contributed by atoms with van der Waals surface area (Å²) >= 11 is 0. The van der Waals surface area contributed by atoms with Crippen molar-refractivity contribution in [2.75, 3.05) is 0 Å². The van der Waals surface area contributed by atoms with Crippen molar-refractivity contribution in [2.45, 2.75) is 58.1 Å². The summed E-state index contributed by atoms with van der Waals surface area (Å²) < 4.78 is 98.0. The van der Waals surface area contributed by atoms with Crippen molar-refractivity contribution in [2.24, 2.45) is 0 Å². The maximum atomic E-state index is 14.3. The van der Waals surface area contributed by atoms with Gasteiger partial charge in [0.15, 0.2) is 5.78 Å². The third-order valence-corrected chi connectivity index (χ3v) is 4.45. The molecule has 4 nitrogen and oxygen atoms in total. The number of alkyl halides is 6. The Morgan fingerprint density at radius 2 is 1.41 bits per heavy atom. The number of ketones is 1. The van der Waals surface area contributed by atoms with Gasteiger partial charge >= 0.3 is 18.4 Å². The number of rotatable bonds is 5. The average molecular weight is 493 g/mol. The van der Waals surface area contributed by atoms with E-state index in [1.54, 1.807) is 20.8 Å². The van der Waals surface area contributed by atoms with Crippen LogP contribution in [0.4, 0.5) is 35.5 Å². The number of carbonyl (C=O) groups is 2. The van der Waals surface area contributed by atoms with Gasteiger partial charge in [-0.1, -0.05) is 0 Å². The molecule has 11 heteroatoms. The van der Waals surface area contributed by atoms with E-state index in [1.165, 1.54) is 6.92 Å². The number of benzene rings is 2. The summed E-state index contributed by atoms with van der Waals surface area (Å²) in [4.78, 5) is 24.6. The Labute approximate surface area is 191 Å². The second-order valence-electron chi connectivity index (χ2n) is 8.68. The molecule has 0 aromatic heterocycles. The van der Waals surface area contributed by atoms with Crippen LogP contribution in [0, 0.1) is 5.82 Å². The lowest BCUT2D eigenvalue weighted by atomic mass is 9.95. The van der Waals surface area contributed by atoms with Crippen LogP contribution in [0.1, 0.15) is 60.3 Å². The molecule has 0 aliphatic carbocycles. The van der Waals surface area contributed by atoms with Crippen LogP contribution >= 0.6 is 0 Å². The predicted octanol–water partition coefficient (Wildman–Crippen LogP) is 6.55. The van der Waals surface area contributed by atoms with E-state index < -0.39 is 58.4 Å². The van der Waals surface area contributed by atoms with Gasteiger partial charge in [0.1, 0.15) is 11.4 Å². The fourth-order valence-corrected chi connectivity index (χ4v) is 3.01. The Kier molecular flexibility index (Phi) is 7.69. The van der Waals surface area contributed by atoms with E-state index in [0.717, 1.165) is 18.2 Å². The second-order valence-corrected chi connectivity index (χ2v) is 8.68. The molecule has 1 N–H and O–H groups in total. The zero-order valence-corrected chi connectivity index (χ0v) is 18.6. The minimum atomic E-state index is -5.12. The van der Waals surface area contributed by atoms with E-state index in [1.807, 2.05) is 0 Å². The highest BCUT2D eigenvalue weighted by molar-refractivity contribution is 6.09. The molecule has 186 valence electrons. The summed E-state index contributed by atoms with van der Waals surface area (Å²) in [6.07, 6.45) is -11.1. The Morgan fingerprint density at radius 1 is 0.882 bits per heavy atom. The van der Waals surface area contributed by atoms with Crippen LogP contribution in [0.5, 0.6) is 0 Å². The summed E-state index contributed by atoms with van der Waals surface area (Å²) in [6, 6.07) is 2.73. The lowest BCUT2D eigenvalue weighted by Crippen LogP contribution is -2.38. The molecule has 2 aromatic rings. The van der Waals surface area contributed by atoms with E-state index in [4.69, 9.17) is 4.74 Å². The van der Waals surface area contributed by atoms with Crippen molar-refractivity contribution in [1.82, 2.24) is 5.32 Å². The number of alkyl carbamates (subject to hydrolysis) is 1. The van der Waals surface area contributed by atoms with Crippen LogP contribution in [0.2, 0.25) is 0 Å². The van der Waals surface area contributed by atoms with Crippen LogP contribution < -0.4 is 5.32 Å². The third kappa shape index (κ3) is 7.46. The average Bonchev–Trinajstić information content (AvgIpc) is 2.65. The number of carbonyl (C=O) groups excluding carboxylic acids is 2. The molecule has 0 bridgehead atoms. The van der Waals surface area contributed by atoms with Gasteiger partial charge in [0, 0.05) is 17.2 Å². The van der Waals surface area contributed by atoms with Gasteiger partial charge in [-0.25, -0.2) is 9.18 Å². The highest BCUT2D eigenvalue weighted by Gasteiger charge is 2.37. The molecule has 0 radical (unpaired) electrons. The number of hydrogen-bond acceptors (Lipinski definition) is 3. The van der Waals surface area contributed by atoms with Crippen molar-refractivity contribution in [1.29, 1.82) is 0 Å². The second kappa shape index (κ2) is 9.63. The third-order valence-electron chi connectivity index (χ3n) is 4.45. The van der Waals surface area contributed by atoms with Gasteiger partial charge in [-0.2, -0.15) is 26.3 Å². The number of nitrogens with one attached hydrogen (secondary N) is 1. The molecule has 0 saturated heterocycles. The molecule has 0 aliphatic rings. The summed E-state index contributed by atoms with van der Waals surface area (Å²) in [5.41, 5.74) is -5.28. The molecule has 2 rings (SSSR count). The first-order chi connectivity index (χ1) is 15.4. The van der Waals surface area contributed by atoms with Crippen LogP contribution in [0.15, 0.2) is 36.4 Å².